The van der Waals surface area contributed by atoms with Gasteiger partial charge in [-0.05, 0) is 6.92 Å². The average Bonchev–Trinajstić information content (AvgIpc) is 2.77. The number of carbonyl (C=O) groups is 2. The summed E-state index contributed by atoms with van der Waals surface area (Å²) in [6, 6.07) is 2.04. The molecule has 1 fully saturated rings. The number of thioether (sulfide) groups is 1. The van der Waals surface area contributed by atoms with Crippen LogP contribution in [0.2, 0.25) is 0 Å². The van der Waals surface area contributed by atoms with E-state index < -0.39 is 17.3 Å². The maximum absolute atomic E-state index is 12.3. The molecule has 2 aliphatic heterocycles. The summed E-state index contributed by atoms with van der Waals surface area (Å²) in [4.78, 5) is 26.0. The summed E-state index contributed by atoms with van der Waals surface area (Å²) in [6.07, 6.45) is 0. The second-order valence-corrected chi connectivity index (χ2v) is 6.11. The first-order valence-electron chi connectivity index (χ1n) is 6.20. The van der Waals surface area contributed by atoms with Crippen LogP contribution >= 0.6 is 11.8 Å². The van der Waals surface area contributed by atoms with Gasteiger partial charge in [-0.25, -0.2) is 4.79 Å². The van der Waals surface area contributed by atoms with Gasteiger partial charge in [-0.1, -0.05) is 13.8 Å². The summed E-state index contributed by atoms with van der Waals surface area (Å²) in [5.74, 6) is -0.720. The van der Waals surface area contributed by atoms with E-state index in [1.54, 1.807) is 25.7 Å². The summed E-state index contributed by atoms with van der Waals surface area (Å²) in [7, 11) is 0. The topological polar surface area (TPSA) is 70.4 Å². The van der Waals surface area contributed by atoms with Gasteiger partial charge in [0.2, 0.25) is 5.91 Å². The van der Waals surface area contributed by atoms with Gasteiger partial charge < -0.3 is 9.64 Å². The van der Waals surface area contributed by atoms with Crippen LogP contribution in [-0.4, -0.2) is 35.7 Å². The Kier molecular flexibility index (Phi) is 3.59. The van der Waals surface area contributed by atoms with E-state index in [4.69, 9.17) is 4.74 Å². The number of nitriles is 1. The van der Waals surface area contributed by atoms with Gasteiger partial charge in [-0.2, -0.15) is 5.26 Å². The molecule has 19 heavy (non-hydrogen) atoms. The van der Waals surface area contributed by atoms with Crippen LogP contribution in [0.3, 0.4) is 0 Å². The van der Waals surface area contributed by atoms with Gasteiger partial charge in [0.1, 0.15) is 5.92 Å². The maximum Gasteiger partial charge on any atom is 0.337 e. The molecular formula is C13H16N2O3S. The molecular weight excluding hydrogens is 264 g/mol. The van der Waals surface area contributed by atoms with Crippen LogP contribution in [-0.2, 0) is 14.3 Å². The number of amides is 1. The van der Waals surface area contributed by atoms with Gasteiger partial charge in [-0.15, -0.1) is 11.8 Å². The van der Waals surface area contributed by atoms with E-state index in [0.717, 1.165) is 5.75 Å². The Balaban J connectivity index is 2.57. The van der Waals surface area contributed by atoms with Gasteiger partial charge >= 0.3 is 5.97 Å². The molecule has 5 nitrogen and oxygen atoms in total. The summed E-state index contributed by atoms with van der Waals surface area (Å²) in [5.41, 5.74) is -0.357. The van der Waals surface area contributed by atoms with E-state index in [9.17, 15) is 14.9 Å². The van der Waals surface area contributed by atoms with E-state index in [0.29, 0.717) is 17.1 Å². The highest BCUT2D eigenvalue weighted by atomic mass is 32.2. The molecule has 0 N–H and O–H groups in total. The SMILES string of the molecule is CCOC(=O)C1=C2SCCN2C(=O)[C@@H](C#N)C1(C)C. The Morgan fingerprint density at radius 2 is 2.32 bits per heavy atom. The molecule has 0 aliphatic carbocycles. The predicted molar refractivity (Wildman–Crippen MR) is 70.7 cm³/mol. The second kappa shape index (κ2) is 4.89. The molecule has 0 aromatic heterocycles. The van der Waals surface area contributed by atoms with Crippen molar-refractivity contribution in [1.29, 1.82) is 5.26 Å². The molecule has 0 aromatic carbocycles. The summed E-state index contributed by atoms with van der Waals surface area (Å²) in [6.45, 7) is 6.09. The minimum atomic E-state index is -0.839. The van der Waals surface area contributed by atoms with Gasteiger partial charge in [0.15, 0.2) is 0 Å². The molecule has 1 amide bonds. The average molecular weight is 280 g/mol. The zero-order valence-corrected chi connectivity index (χ0v) is 12.0. The lowest BCUT2D eigenvalue weighted by Gasteiger charge is -2.39. The minimum Gasteiger partial charge on any atom is -0.463 e. The number of carbonyl (C=O) groups excluding carboxylic acids is 2. The van der Waals surface area contributed by atoms with Gasteiger partial charge in [0.25, 0.3) is 0 Å². The zero-order valence-electron chi connectivity index (χ0n) is 11.2. The quantitative estimate of drug-likeness (QED) is 0.717. The van der Waals surface area contributed by atoms with Crippen LogP contribution < -0.4 is 0 Å². The smallest absolute Gasteiger partial charge is 0.337 e. The highest BCUT2D eigenvalue weighted by Gasteiger charge is 2.51. The van der Waals surface area contributed by atoms with Crippen molar-refractivity contribution in [3.05, 3.63) is 10.6 Å². The monoisotopic (exact) mass is 280 g/mol. The van der Waals surface area contributed by atoms with Crippen molar-refractivity contribution in [3.8, 4) is 6.07 Å². The number of hydrogen-bond acceptors (Lipinski definition) is 5. The van der Waals surface area contributed by atoms with E-state index in [2.05, 4.69) is 0 Å². The third-order valence-corrected chi connectivity index (χ3v) is 4.58. The van der Waals surface area contributed by atoms with Crippen LogP contribution in [0.1, 0.15) is 20.8 Å². The van der Waals surface area contributed by atoms with Crippen molar-refractivity contribution in [2.24, 2.45) is 11.3 Å². The fraction of sp³-hybridized carbons (Fsp3) is 0.615. The zero-order chi connectivity index (χ0) is 14.2. The van der Waals surface area contributed by atoms with Gasteiger partial charge in [0, 0.05) is 17.7 Å². The van der Waals surface area contributed by atoms with Crippen molar-refractivity contribution in [2.45, 2.75) is 20.8 Å². The first kappa shape index (κ1) is 13.9. The molecule has 0 spiro atoms. The maximum atomic E-state index is 12.3. The fourth-order valence-electron chi connectivity index (χ4n) is 2.49. The van der Waals surface area contributed by atoms with Crippen LogP contribution in [0.4, 0.5) is 0 Å². The van der Waals surface area contributed by atoms with Crippen LogP contribution in [0.25, 0.3) is 0 Å². The Morgan fingerprint density at radius 3 is 2.89 bits per heavy atom. The number of esters is 1. The van der Waals surface area contributed by atoms with E-state index >= 15 is 0 Å². The number of rotatable bonds is 2. The summed E-state index contributed by atoms with van der Waals surface area (Å²) in [5, 5.41) is 9.93. The lowest BCUT2D eigenvalue weighted by Crippen LogP contribution is -2.47. The van der Waals surface area contributed by atoms with Crippen molar-refractivity contribution in [1.82, 2.24) is 4.90 Å². The number of fused-ring (bicyclic) bond motifs is 1. The molecule has 0 bridgehead atoms. The van der Waals surface area contributed by atoms with Gasteiger partial charge in [0.05, 0.1) is 23.3 Å². The largest absolute Gasteiger partial charge is 0.463 e. The molecule has 0 aromatic rings. The highest BCUT2D eigenvalue weighted by molar-refractivity contribution is 8.03. The van der Waals surface area contributed by atoms with Crippen molar-refractivity contribution < 1.29 is 14.3 Å². The van der Waals surface area contributed by atoms with Crippen molar-refractivity contribution >= 4 is 23.6 Å². The number of nitrogens with zero attached hydrogens (tertiary/aromatic N) is 2. The minimum absolute atomic E-state index is 0.208. The summed E-state index contributed by atoms with van der Waals surface area (Å²) >= 11 is 1.48. The third kappa shape index (κ3) is 2.02. The lowest BCUT2D eigenvalue weighted by atomic mass is 9.71. The Bertz CT molecular complexity index is 505. The number of ether oxygens (including phenoxy) is 1. The molecule has 1 atom stereocenters. The molecule has 0 unspecified atom stereocenters. The first-order chi connectivity index (χ1) is 8.95. The van der Waals surface area contributed by atoms with Crippen LogP contribution in [0, 0.1) is 22.7 Å². The van der Waals surface area contributed by atoms with Gasteiger partial charge in [-0.3, -0.25) is 4.79 Å². The molecule has 2 rings (SSSR count). The summed E-state index contributed by atoms with van der Waals surface area (Å²) < 4.78 is 5.10. The van der Waals surface area contributed by atoms with Crippen molar-refractivity contribution in [2.75, 3.05) is 18.9 Å². The standard InChI is InChI=1S/C13H16N2O3S/c1-4-18-12(17)9-11-15(5-6-19-11)10(16)8(7-14)13(9,2)3/h8H,4-6H2,1-3H3/t8-/m1/s1. The molecule has 0 saturated carbocycles. The molecule has 1 saturated heterocycles. The van der Waals surface area contributed by atoms with E-state index in [-0.39, 0.29) is 12.5 Å². The first-order valence-corrected chi connectivity index (χ1v) is 7.19. The number of hydrogen-bond donors (Lipinski definition) is 0. The molecule has 0 radical (unpaired) electrons. The Labute approximate surface area is 116 Å². The third-order valence-electron chi connectivity index (χ3n) is 3.50. The molecule has 2 aliphatic rings. The second-order valence-electron chi connectivity index (χ2n) is 5.02. The highest BCUT2D eigenvalue weighted by Crippen LogP contribution is 2.48. The Morgan fingerprint density at radius 1 is 1.63 bits per heavy atom. The Hall–Kier alpha value is -1.48. The fourth-order valence-corrected chi connectivity index (χ4v) is 3.78. The molecule has 6 heteroatoms. The van der Waals surface area contributed by atoms with E-state index in [1.807, 2.05) is 6.07 Å². The normalized spacial score (nSPS) is 25.1. The molecule has 102 valence electrons. The van der Waals surface area contributed by atoms with Crippen molar-refractivity contribution in [3.63, 3.8) is 0 Å². The lowest BCUT2D eigenvalue weighted by molar-refractivity contribution is -0.142. The van der Waals surface area contributed by atoms with Crippen LogP contribution in [0.15, 0.2) is 10.6 Å². The van der Waals surface area contributed by atoms with Crippen LogP contribution in [0.5, 0.6) is 0 Å². The van der Waals surface area contributed by atoms with E-state index in [1.165, 1.54) is 11.8 Å². The predicted octanol–water partition coefficient (Wildman–Crippen LogP) is 1.52. The molecule has 2 heterocycles.